The lowest BCUT2D eigenvalue weighted by atomic mass is 9.71. The van der Waals surface area contributed by atoms with Crippen molar-refractivity contribution < 1.29 is 13.5 Å². The van der Waals surface area contributed by atoms with E-state index in [1.807, 2.05) is 24.3 Å². The van der Waals surface area contributed by atoms with Crippen molar-refractivity contribution >= 4 is 5.57 Å². The maximum Gasteiger partial charge on any atom is 0.201 e. The Morgan fingerprint density at radius 1 is 0.867 bits per heavy atom. The summed E-state index contributed by atoms with van der Waals surface area (Å²) in [7, 11) is 0. The molecule has 0 bridgehead atoms. The number of hydrogen-bond acceptors (Lipinski definition) is 1. The smallest absolute Gasteiger partial charge is 0.201 e. The van der Waals surface area contributed by atoms with Gasteiger partial charge in [0.25, 0.3) is 0 Å². The van der Waals surface area contributed by atoms with E-state index in [2.05, 4.69) is 43.3 Å². The van der Waals surface area contributed by atoms with Crippen LogP contribution in [0.5, 0.6) is 5.75 Å². The van der Waals surface area contributed by atoms with Gasteiger partial charge in [0.05, 0.1) is 6.61 Å². The van der Waals surface area contributed by atoms with Gasteiger partial charge in [-0.15, -0.1) is 0 Å². The first-order chi connectivity index (χ1) is 14.5. The van der Waals surface area contributed by atoms with Crippen LogP contribution in [0.2, 0.25) is 0 Å². The van der Waals surface area contributed by atoms with Crippen molar-refractivity contribution in [3.05, 3.63) is 95.6 Å². The minimum atomic E-state index is -0.936. The van der Waals surface area contributed by atoms with Gasteiger partial charge in [-0.05, 0) is 66.0 Å². The third-order valence-corrected chi connectivity index (χ3v) is 6.13. The van der Waals surface area contributed by atoms with Crippen LogP contribution >= 0.6 is 0 Å². The molecule has 0 aromatic heterocycles. The molecule has 1 aliphatic carbocycles. The van der Waals surface area contributed by atoms with E-state index in [4.69, 9.17) is 4.74 Å². The zero-order chi connectivity index (χ0) is 21.1. The number of ether oxygens (including phenoxy) is 1. The second-order valence-corrected chi connectivity index (χ2v) is 8.11. The van der Waals surface area contributed by atoms with E-state index < -0.39 is 11.6 Å². The highest BCUT2D eigenvalue weighted by atomic mass is 19.2. The lowest BCUT2D eigenvalue weighted by molar-refractivity contribution is 0.314. The summed E-state index contributed by atoms with van der Waals surface area (Å²) in [5, 5.41) is 0. The third kappa shape index (κ3) is 3.89. The topological polar surface area (TPSA) is 9.23 Å². The summed E-state index contributed by atoms with van der Waals surface area (Å²) in [4.78, 5) is 0. The Morgan fingerprint density at radius 2 is 1.57 bits per heavy atom. The average molecular weight is 405 g/mol. The molecule has 0 radical (unpaired) electrons. The van der Waals surface area contributed by atoms with Crippen LogP contribution in [0.15, 0.2) is 72.8 Å². The molecule has 3 aromatic carbocycles. The Kier molecular flexibility index (Phi) is 5.72. The Labute approximate surface area is 177 Å². The van der Waals surface area contributed by atoms with Crippen LogP contribution in [0.1, 0.15) is 44.2 Å². The Bertz CT molecular complexity index is 1050. The van der Waals surface area contributed by atoms with Crippen molar-refractivity contribution in [1.82, 2.24) is 0 Å². The number of benzene rings is 3. The summed E-state index contributed by atoms with van der Waals surface area (Å²) in [5.74, 6) is -1.86. The van der Waals surface area contributed by atoms with Crippen molar-refractivity contribution in [1.29, 1.82) is 0 Å². The van der Waals surface area contributed by atoms with Crippen molar-refractivity contribution in [3.8, 4) is 16.9 Å². The highest BCUT2D eigenvalue weighted by Crippen LogP contribution is 2.41. The molecule has 0 amide bonds. The van der Waals surface area contributed by atoms with Gasteiger partial charge in [0.15, 0.2) is 11.6 Å². The van der Waals surface area contributed by atoms with E-state index >= 15 is 0 Å². The maximum atomic E-state index is 14.5. The van der Waals surface area contributed by atoms with Gasteiger partial charge in [-0.2, -0.15) is 4.39 Å². The molecule has 3 aromatic rings. The monoisotopic (exact) mass is 404 g/mol. The highest BCUT2D eigenvalue weighted by molar-refractivity contribution is 5.72. The quantitative estimate of drug-likeness (QED) is 0.426. The van der Waals surface area contributed by atoms with Gasteiger partial charge in [0.1, 0.15) is 0 Å². The van der Waals surface area contributed by atoms with Crippen LogP contribution in [-0.4, -0.2) is 6.61 Å². The molecule has 0 N–H and O–H groups in total. The first-order valence-electron chi connectivity index (χ1n) is 10.5. The van der Waals surface area contributed by atoms with Gasteiger partial charge in [0, 0.05) is 5.56 Å². The van der Waals surface area contributed by atoms with Crippen molar-refractivity contribution in [2.75, 3.05) is 6.61 Å². The maximum absolute atomic E-state index is 14.5. The second-order valence-electron chi connectivity index (χ2n) is 8.11. The fourth-order valence-corrected chi connectivity index (χ4v) is 4.21. The van der Waals surface area contributed by atoms with Crippen LogP contribution < -0.4 is 4.74 Å². The van der Waals surface area contributed by atoms with Gasteiger partial charge < -0.3 is 4.74 Å². The molecule has 0 heterocycles. The molecule has 0 saturated heterocycles. The zero-order valence-electron chi connectivity index (χ0n) is 17.4. The fraction of sp³-hybridized carbons (Fsp3) is 0.259. The molecule has 0 fully saturated rings. The normalized spacial score (nSPS) is 18.7. The zero-order valence-corrected chi connectivity index (χ0v) is 17.4. The molecular weight excluding hydrogens is 378 g/mol. The standard InChI is InChI=1S/C27H26F2O/c1-3-30-24-14-13-23(25(28)26(24)29)21-11-9-19(10-12-21)20-15-17-27(2,18-16-20)22-7-5-4-6-8-22/h4-15H,3,16-18H2,1-2H3. The molecule has 1 nitrogen and oxygen atoms in total. The summed E-state index contributed by atoms with van der Waals surface area (Å²) in [6.07, 6.45) is 5.40. The van der Waals surface area contributed by atoms with Crippen LogP contribution in [0, 0.1) is 11.6 Å². The van der Waals surface area contributed by atoms with Gasteiger partial charge >= 0.3 is 0 Å². The highest BCUT2D eigenvalue weighted by Gasteiger charge is 2.29. The molecule has 4 rings (SSSR count). The number of halogens is 2. The van der Waals surface area contributed by atoms with E-state index in [1.165, 1.54) is 17.2 Å². The summed E-state index contributed by atoms with van der Waals surface area (Å²) >= 11 is 0. The molecule has 30 heavy (non-hydrogen) atoms. The van der Waals surface area contributed by atoms with Gasteiger partial charge in [0.2, 0.25) is 5.82 Å². The number of rotatable bonds is 5. The van der Waals surface area contributed by atoms with Gasteiger partial charge in [-0.25, -0.2) is 4.39 Å². The lowest BCUT2D eigenvalue weighted by Crippen LogP contribution is -2.23. The Balaban J connectivity index is 1.54. The molecule has 1 atom stereocenters. The molecule has 1 aliphatic rings. The largest absolute Gasteiger partial charge is 0.491 e. The molecule has 0 saturated carbocycles. The Hall–Kier alpha value is -2.94. The molecule has 1 unspecified atom stereocenters. The van der Waals surface area contributed by atoms with E-state index in [0.717, 1.165) is 24.8 Å². The van der Waals surface area contributed by atoms with E-state index in [9.17, 15) is 8.78 Å². The van der Waals surface area contributed by atoms with Crippen LogP contribution in [0.25, 0.3) is 16.7 Å². The van der Waals surface area contributed by atoms with E-state index in [1.54, 1.807) is 13.0 Å². The van der Waals surface area contributed by atoms with Gasteiger partial charge in [-0.1, -0.05) is 67.6 Å². The minimum Gasteiger partial charge on any atom is -0.491 e. The lowest BCUT2D eigenvalue weighted by Gasteiger charge is -2.33. The first-order valence-corrected chi connectivity index (χ1v) is 10.5. The number of hydrogen-bond donors (Lipinski definition) is 0. The fourth-order valence-electron chi connectivity index (χ4n) is 4.21. The van der Waals surface area contributed by atoms with Crippen LogP contribution in [0.3, 0.4) is 0 Å². The summed E-state index contributed by atoms with van der Waals surface area (Å²) in [5.41, 5.74) is 4.89. The molecule has 0 spiro atoms. The van der Waals surface area contributed by atoms with E-state index in [0.29, 0.717) is 12.2 Å². The van der Waals surface area contributed by atoms with Gasteiger partial charge in [-0.3, -0.25) is 0 Å². The molecule has 3 heteroatoms. The summed E-state index contributed by atoms with van der Waals surface area (Å²) < 4.78 is 33.8. The second kappa shape index (κ2) is 8.43. The first kappa shape index (κ1) is 20.3. The van der Waals surface area contributed by atoms with Crippen molar-refractivity contribution in [2.24, 2.45) is 0 Å². The Morgan fingerprint density at radius 3 is 2.20 bits per heavy atom. The molecule has 0 aliphatic heterocycles. The third-order valence-electron chi connectivity index (χ3n) is 6.13. The van der Waals surface area contributed by atoms with Crippen LogP contribution in [0.4, 0.5) is 8.78 Å². The predicted octanol–water partition coefficient (Wildman–Crippen LogP) is 7.56. The molecule has 154 valence electrons. The summed E-state index contributed by atoms with van der Waals surface area (Å²) in [6, 6.07) is 21.4. The van der Waals surface area contributed by atoms with Crippen molar-refractivity contribution in [2.45, 2.75) is 38.5 Å². The summed E-state index contributed by atoms with van der Waals surface area (Å²) in [6.45, 7) is 4.36. The predicted molar refractivity (Wildman–Crippen MR) is 119 cm³/mol. The molecular formula is C27H26F2O. The SMILES string of the molecule is CCOc1ccc(-c2ccc(C3=CCC(C)(c4ccccc4)CC3)cc2)c(F)c1F. The number of allylic oxidation sites excluding steroid dienone is 2. The van der Waals surface area contributed by atoms with Crippen molar-refractivity contribution in [3.63, 3.8) is 0 Å². The minimum absolute atomic E-state index is 0.0517. The van der Waals surface area contributed by atoms with E-state index in [-0.39, 0.29) is 16.7 Å². The average Bonchev–Trinajstić information content (AvgIpc) is 2.79. The van der Waals surface area contributed by atoms with Crippen LogP contribution in [-0.2, 0) is 5.41 Å².